The molecule has 0 aromatic heterocycles. The minimum Gasteiger partial charge on any atom is -0.387 e. The Kier molecular flexibility index (Phi) is 3.19. The van der Waals surface area contributed by atoms with E-state index in [0.29, 0.717) is 18.2 Å². The second-order valence-corrected chi connectivity index (χ2v) is 5.34. The fraction of sp³-hybridized carbons (Fsp3) is 0.538. The third-order valence-corrected chi connectivity index (χ3v) is 3.40. The largest absolute Gasteiger partial charge is 0.387 e. The summed E-state index contributed by atoms with van der Waals surface area (Å²) >= 11 is 0. The molecule has 1 aromatic rings. The highest BCUT2D eigenvalue weighted by atomic mass is 19.2. The Balaban J connectivity index is 1.91. The van der Waals surface area contributed by atoms with Crippen LogP contribution in [0, 0.1) is 17.0 Å². The lowest BCUT2D eigenvalue weighted by Crippen LogP contribution is -2.26. The van der Waals surface area contributed by atoms with Gasteiger partial charge >= 0.3 is 0 Å². The molecule has 2 nitrogen and oxygen atoms in total. The highest BCUT2D eigenvalue weighted by molar-refractivity contribution is 5.20. The van der Waals surface area contributed by atoms with Gasteiger partial charge in [0.15, 0.2) is 11.6 Å². The average molecular weight is 241 g/mol. The standard InChI is InChI=1S/C13H17F2NO/c1-13(2)6-12(13)16-7-11(17)8-3-4-9(14)10(15)5-8/h3-5,11-12,16-17H,6-7H2,1-2H3. The van der Waals surface area contributed by atoms with Gasteiger partial charge < -0.3 is 10.4 Å². The van der Waals surface area contributed by atoms with Gasteiger partial charge in [-0.2, -0.15) is 0 Å². The molecule has 0 amide bonds. The lowest BCUT2D eigenvalue weighted by Gasteiger charge is -2.13. The molecule has 1 fully saturated rings. The summed E-state index contributed by atoms with van der Waals surface area (Å²) in [5.74, 6) is -1.81. The first-order valence-electron chi connectivity index (χ1n) is 5.76. The number of aliphatic hydroxyl groups is 1. The van der Waals surface area contributed by atoms with E-state index in [2.05, 4.69) is 19.2 Å². The van der Waals surface area contributed by atoms with Crippen molar-refractivity contribution in [1.82, 2.24) is 5.32 Å². The molecular weight excluding hydrogens is 224 g/mol. The Labute approximate surface area is 99.7 Å². The molecule has 2 unspecified atom stereocenters. The predicted molar refractivity (Wildman–Crippen MR) is 61.5 cm³/mol. The van der Waals surface area contributed by atoms with Gasteiger partial charge in [0.05, 0.1) is 6.10 Å². The number of hydrogen-bond donors (Lipinski definition) is 2. The zero-order valence-electron chi connectivity index (χ0n) is 10.0. The molecule has 0 aliphatic heterocycles. The maximum absolute atomic E-state index is 13.0. The van der Waals surface area contributed by atoms with Crippen LogP contribution in [0.1, 0.15) is 31.9 Å². The summed E-state index contributed by atoms with van der Waals surface area (Å²) < 4.78 is 25.7. The predicted octanol–water partition coefficient (Wildman–Crippen LogP) is 2.39. The van der Waals surface area contributed by atoms with Gasteiger partial charge in [-0.25, -0.2) is 8.78 Å². The van der Waals surface area contributed by atoms with E-state index >= 15 is 0 Å². The Morgan fingerprint density at radius 2 is 2.06 bits per heavy atom. The number of halogens is 2. The summed E-state index contributed by atoms with van der Waals surface area (Å²) in [4.78, 5) is 0. The van der Waals surface area contributed by atoms with Crippen molar-refractivity contribution in [3.05, 3.63) is 35.4 Å². The topological polar surface area (TPSA) is 32.3 Å². The molecule has 4 heteroatoms. The van der Waals surface area contributed by atoms with Crippen molar-refractivity contribution >= 4 is 0 Å². The summed E-state index contributed by atoms with van der Waals surface area (Å²) in [6.07, 6.45) is 0.277. The molecule has 0 heterocycles. The summed E-state index contributed by atoms with van der Waals surface area (Å²) in [6, 6.07) is 3.89. The van der Waals surface area contributed by atoms with Crippen LogP contribution in [-0.4, -0.2) is 17.7 Å². The van der Waals surface area contributed by atoms with Crippen molar-refractivity contribution < 1.29 is 13.9 Å². The molecule has 1 aromatic carbocycles. The normalized spacial score (nSPS) is 23.5. The number of aliphatic hydroxyl groups excluding tert-OH is 1. The quantitative estimate of drug-likeness (QED) is 0.848. The molecule has 1 saturated carbocycles. The molecule has 94 valence electrons. The van der Waals surface area contributed by atoms with Crippen LogP contribution in [0.15, 0.2) is 18.2 Å². The van der Waals surface area contributed by atoms with Crippen LogP contribution < -0.4 is 5.32 Å². The number of benzene rings is 1. The van der Waals surface area contributed by atoms with E-state index in [1.807, 2.05) is 0 Å². The minimum absolute atomic E-state index is 0.285. The monoisotopic (exact) mass is 241 g/mol. The van der Waals surface area contributed by atoms with Crippen molar-refractivity contribution in [3.63, 3.8) is 0 Å². The van der Waals surface area contributed by atoms with Crippen molar-refractivity contribution in [2.45, 2.75) is 32.4 Å². The highest BCUT2D eigenvalue weighted by Crippen LogP contribution is 2.44. The Hall–Kier alpha value is -1.00. The van der Waals surface area contributed by atoms with Gasteiger partial charge in [-0.1, -0.05) is 19.9 Å². The third-order valence-electron chi connectivity index (χ3n) is 3.40. The molecule has 17 heavy (non-hydrogen) atoms. The summed E-state index contributed by atoms with van der Waals surface area (Å²) in [6.45, 7) is 4.66. The number of nitrogens with one attached hydrogen (secondary N) is 1. The zero-order chi connectivity index (χ0) is 12.6. The van der Waals surface area contributed by atoms with Crippen LogP contribution in [0.4, 0.5) is 8.78 Å². The van der Waals surface area contributed by atoms with Crippen LogP contribution in [0.3, 0.4) is 0 Å². The first kappa shape index (κ1) is 12.5. The second-order valence-electron chi connectivity index (χ2n) is 5.34. The van der Waals surface area contributed by atoms with Gasteiger partial charge in [-0.05, 0) is 29.5 Å². The van der Waals surface area contributed by atoms with Gasteiger partial charge in [0, 0.05) is 12.6 Å². The van der Waals surface area contributed by atoms with Crippen LogP contribution >= 0.6 is 0 Å². The molecule has 1 aliphatic carbocycles. The van der Waals surface area contributed by atoms with E-state index in [-0.39, 0.29) is 5.41 Å². The zero-order valence-corrected chi connectivity index (χ0v) is 10.0. The first-order chi connectivity index (χ1) is 7.90. The molecule has 0 saturated heterocycles. The van der Waals surface area contributed by atoms with E-state index in [1.54, 1.807) is 0 Å². The molecule has 0 radical (unpaired) electrons. The van der Waals surface area contributed by atoms with Gasteiger partial charge in [-0.3, -0.25) is 0 Å². The van der Waals surface area contributed by atoms with Gasteiger partial charge in [-0.15, -0.1) is 0 Å². The van der Waals surface area contributed by atoms with Crippen molar-refractivity contribution in [2.75, 3.05) is 6.54 Å². The maximum atomic E-state index is 13.0. The van der Waals surface area contributed by atoms with E-state index in [9.17, 15) is 13.9 Å². The Morgan fingerprint density at radius 3 is 2.59 bits per heavy atom. The lowest BCUT2D eigenvalue weighted by molar-refractivity contribution is 0.172. The van der Waals surface area contributed by atoms with Gasteiger partial charge in [0.2, 0.25) is 0 Å². The highest BCUT2D eigenvalue weighted by Gasteiger charge is 2.45. The van der Waals surface area contributed by atoms with Crippen molar-refractivity contribution in [3.8, 4) is 0 Å². The molecule has 2 atom stereocenters. The molecular formula is C13H17F2NO. The molecule has 2 rings (SSSR count). The molecule has 0 spiro atoms. The molecule has 1 aliphatic rings. The number of hydrogen-bond acceptors (Lipinski definition) is 2. The summed E-state index contributed by atoms with van der Waals surface area (Å²) in [5.41, 5.74) is 0.683. The lowest BCUT2D eigenvalue weighted by atomic mass is 10.1. The van der Waals surface area contributed by atoms with Crippen LogP contribution in [0.25, 0.3) is 0 Å². The Morgan fingerprint density at radius 1 is 1.41 bits per heavy atom. The van der Waals surface area contributed by atoms with E-state index in [0.717, 1.165) is 18.6 Å². The molecule has 2 N–H and O–H groups in total. The first-order valence-corrected chi connectivity index (χ1v) is 5.76. The van der Waals surface area contributed by atoms with Crippen molar-refractivity contribution in [1.29, 1.82) is 0 Å². The Bertz CT molecular complexity index is 420. The second kappa shape index (κ2) is 4.35. The third kappa shape index (κ3) is 2.82. The fourth-order valence-corrected chi connectivity index (χ4v) is 1.91. The van der Waals surface area contributed by atoms with Gasteiger partial charge in [0.25, 0.3) is 0 Å². The fourth-order valence-electron chi connectivity index (χ4n) is 1.91. The molecule has 0 bridgehead atoms. The van der Waals surface area contributed by atoms with Crippen molar-refractivity contribution in [2.24, 2.45) is 5.41 Å². The summed E-state index contributed by atoms with van der Waals surface area (Å²) in [5, 5.41) is 13.0. The van der Waals surface area contributed by atoms with Gasteiger partial charge in [0.1, 0.15) is 0 Å². The minimum atomic E-state index is -0.923. The van der Waals surface area contributed by atoms with E-state index in [1.165, 1.54) is 6.07 Å². The van der Waals surface area contributed by atoms with E-state index < -0.39 is 17.7 Å². The number of rotatable bonds is 4. The maximum Gasteiger partial charge on any atom is 0.159 e. The van der Waals surface area contributed by atoms with Crippen LogP contribution in [-0.2, 0) is 0 Å². The SMILES string of the molecule is CC1(C)CC1NCC(O)c1ccc(F)c(F)c1. The van der Waals surface area contributed by atoms with Crippen LogP contribution in [0.5, 0.6) is 0 Å². The van der Waals surface area contributed by atoms with Crippen LogP contribution in [0.2, 0.25) is 0 Å². The summed E-state index contributed by atoms with van der Waals surface area (Å²) in [7, 11) is 0. The van der Waals surface area contributed by atoms with E-state index in [4.69, 9.17) is 0 Å². The smallest absolute Gasteiger partial charge is 0.159 e. The average Bonchev–Trinajstić information content (AvgIpc) is 2.87.